The number of likely N-dealkylation sites (tertiary alicyclic amines) is 1. The molecule has 2 aromatic carbocycles. The molecule has 1 aromatic heterocycles. The molecule has 4 heteroatoms. The minimum Gasteiger partial charge on any atom is -0.456 e. The minimum absolute atomic E-state index is 0.0888. The topological polar surface area (TPSA) is 46.7 Å². The van der Waals surface area contributed by atoms with E-state index >= 15 is 0 Å². The van der Waals surface area contributed by atoms with Crippen molar-refractivity contribution in [3.63, 3.8) is 0 Å². The number of anilines is 1. The highest BCUT2D eigenvalue weighted by molar-refractivity contribution is 6.06. The van der Waals surface area contributed by atoms with Crippen molar-refractivity contribution in [3.05, 3.63) is 42.5 Å². The molecule has 4 nitrogen and oxygen atoms in total. The number of hydrogen-bond acceptors (Lipinski definition) is 2. The van der Waals surface area contributed by atoms with Gasteiger partial charge >= 0.3 is 0 Å². The highest BCUT2D eigenvalue weighted by Gasteiger charge is 2.24. The molecule has 2 N–H and O–H groups in total. The molecule has 2 heterocycles. The first-order valence-electron chi connectivity index (χ1n) is 8.76. The summed E-state index contributed by atoms with van der Waals surface area (Å²) in [5.41, 5.74) is 2.56. The zero-order valence-electron chi connectivity index (χ0n) is 14.0. The average molecular weight is 323 g/mol. The first-order valence-corrected chi connectivity index (χ1v) is 8.76. The maximum Gasteiger partial charge on any atom is 0.279 e. The summed E-state index contributed by atoms with van der Waals surface area (Å²) in [7, 11) is 0. The molecule has 0 aliphatic carbocycles. The number of furan rings is 1. The fourth-order valence-electron chi connectivity index (χ4n) is 3.73. The molecule has 1 aliphatic rings. The molecule has 24 heavy (non-hydrogen) atoms. The SMILES string of the molecule is C[C@@H]1CCCC[NH+]1CC(=O)Nc1ccc2oc3ccccc3c2c1. The Bertz CT molecular complexity index is 884. The maximum absolute atomic E-state index is 12.4. The number of quaternary nitrogens is 1. The molecule has 3 aromatic rings. The standard InChI is InChI=1S/C20H22N2O2/c1-14-6-4-5-11-22(14)13-20(23)21-15-9-10-19-17(12-15)16-7-2-3-8-18(16)24-19/h2-3,7-10,12,14H,4-6,11,13H2,1H3,(H,21,23)/p+1/t14-/m1/s1. The third kappa shape index (κ3) is 2.89. The molecule has 0 radical (unpaired) electrons. The number of amides is 1. The first kappa shape index (κ1) is 15.2. The van der Waals surface area contributed by atoms with Crippen LogP contribution in [-0.2, 0) is 4.79 Å². The molecule has 1 fully saturated rings. The number of carbonyl (C=O) groups is 1. The summed E-state index contributed by atoms with van der Waals surface area (Å²) < 4.78 is 5.83. The summed E-state index contributed by atoms with van der Waals surface area (Å²) in [5.74, 6) is 0.0888. The average Bonchev–Trinajstić information content (AvgIpc) is 2.95. The van der Waals surface area contributed by atoms with Gasteiger partial charge in [0.05, 0.1) is 12.6 Å². The van der Waals surface area contributed by atoms with Crippen LogP contribution in [0.3, 0.4) is 0 Å². The van der Waals surface area contributed by atoms with E-state index in [2.05, 4.69) is 12.2 Å². The van der Waals surface area contributed by atoms with E-state index in [9.17, 15) is 4.79 Å². The molecule has 4 rings (SSSR count). The van der Waals surface area contributed by atoms with Gasteiger partial charge in [0.1, 0.15) is 11.2 Å². The molecule has 2 atom stereocenters. The van der Waals surface area contributed by atoms with Crippen LogP contribution in [-0.4, -0.2) is 25.0 Å². The van der Waals surface area contributed by atoms with Crippen LogP contribution >= 0.6 is 0 Å². The van der Waals surface area contributed by atoms with Crippen molar-refractivity contribution in [2.75, 3.05) is 18.4 Å². The van der Waals surface area contributed by atoms with Crippen LogP contribution < -0.4 is 10.2 Å². The molecule has 124 valence electrons. The quantitative estimate of drug-likeness (QED) is 0.778. The molecule has 1 amide bonds. The van der Waals surface area contributed by atoms with Gasteiger partial charge in [-0.1, -0.05) is 18.2 Å². The Hall–Kier alpha value is -2.33. The normalized spacial score (nSPS) is 21.2. The molecule has 1 saturated heterocycles. The monoisotopic (exact) mass is 323 g/mol. The van der Waals surface area contributed by atoms with Crippen molar-refractivity contribution >= 4 is 33.5 Å². The van der Waals surface area contributed by atoms with Gasteiger partial charge in [0.2, 0.25) is 0 Å². The van der Waals surface area contributed by atoms with Crippen molar-refractivity contribution in [1.82, 2.24) is 0 Å². The van der Waals surface area contributed by atoms with E-state index in [1.54, 1.807) is 0 Å². The van der Waals surface area contributed by atoms with Gasteiger partial charge < -0.3 is 14.6 Å². The lowest BCUT2D eigenvalue weighted by Gasteiger charge is -2.29. The van der Waals surface area contributed by atoms with Gasteiger partial charge in [-0.25, -0.2) is 0 Å². The Balaban J connectivity index is 1.53. The largest absolute Gasteiger partial charge is 0.456 e. The van der Waals surface area contributed by atoms with E-state index in [0.717, 1.165) is 34.2 Å². The summed E-state index contributed by atoms with van der Waals surface area (Å²) in [6, 6.07) is 14.4. The second-order valence-electron chi connectivity index (χ2n) is 6.84. The third-order valence-corrected chi connectivity index (χ3v) is 5.13. The van der Waals surface area contributed by atoms with Crippen LogP contribution in [0.2, 0.25) is 0 Å². The van der Waals surface area contributed by atoms with Crippen LogP contribution in [0.25, 0.3) is 21.9 Å². The van der Waals surface area contributed by atoms with E-state index in [1.165, 1.54) is 24.2 Å². The van der Waals surface area contributed by atoms with Gasteiger partial charge in [-0.15, -0.1) is 0 Å². The number of rotatable bonds is 3. The van der Waals surface area contributed by atoms with Gasteiger partial charge in [-0.05, 0) is 50.5 Å². The Morgan fingerprint density at radius 3 is 2.88 bits per heavy atom. The molecular formula is C20H23N2O2+. The van der Waals surface area contributed by atoms with Crippen LogP contribution in [0.15, 0.2) is 46.9 Å². The lowest BCUT2D eigenvalue weighted by molar-refractivity contribution is -0.920. The zero-order valence-corrected chi connectivity index (χ0v) is 14.0. The van der Waals surface area contributed by atoms with Gasteiger partial charge in [-0.2, -0.15) is 0 Å². The number of hydrogen-bond donors (Lipinski definition) is 2. The fraction of sp³-hybridized carbons (Fsp3) is 0.350. The van der Waals surface area contributed by atoms with Gasteiger partial charge in [0.25, 0.3) is 5.91 Å². The Morgan fingerprint density at radius 1 is 1.17 bits per heavy atom. The molecular weight excluding hydrogens is 300 g/mol. The molecule has 0 saturated carbocycles. The third-order valence-electron chi connectivity index (χ3n) is 5.13. The van der Waals surface area contributed by atoms with Gasteiger partial charge in [-0.3, -0.25) is 4.79 Å². The van der Waals surface area contributed by atoms with Crippen LogP contribution in [0.5, 0.6) is 0 Å². The predicted octanol–water partition coefficient (Wildman–Crippen LogP) is 2.98. The van der Waals surface area contributed by atoms with E-state index in [1.807, 2.05) is 42.5 Å². The highest BCUT2D eigenvalue weighted by Crippen LogP contribution is 2.30. The van der Waals surface area contributed by atoms with Crippen LogP contribution in [0, 0.1) is 0 Å². The van der Waals surface area contributed by atoms with E-state index in [-0.39, 0.29) is 5.91 Å². The summed E-state index contributed by atoms with van der Waals surface area (Å²) in [5, 5.41) is 5.18. The fourth-order valence-corrected chi connectivity index (χ4v) is 3.73. The first-order chi connectivity index (χ1) is 11.7. The Kier molecular flexibility index (Phi) is 3.98. The predicted molar refractivity (Wildman–Crippen MR) is 96.4 cm³/mol. The van der Waals surface area contributed by atoms with Gasteiger partial charge in [0, 0.05) is 16.5 Å². The number of para-hydroxylation sites is 1. The molecule has 1 aliphatic heterocycles. The number of nitrogens with one attached hydrogen (secondary N) is 2. The molecule has 0 bridgehead atoms. The van der Waals surface area contributed by atoms with Crippen molar-refractivity contribution in [3.8, 4) is 0 Å². The number of carbonyl (C=O) groups excluding carboxylic acids is 1. The summed E-state index contributed by atoms with van der Waals surface area (Å²) in [6.45, 7) is 3.89. The second kappa shape index (κ2) is 6.29. The van der Waals surface area contributed by atoms with E-state index in [4.69, 9.17) is 4.42 Å². The van der Waals surface area contributed by atoms with Crippen molar-refractivity contribution in [1.29, 1.82) is 0 Å². The lowest BCUT2D eigenvalue weighted by atomic mass is 10.0. The summed E-state index contributed by atoms with van der Waals surface area (Å²) >= 11 is 0. The maximum atomic E-state index is 12.4. The van der Waals surface area contributed by atoms with Crippen LogP contribution in [0.4, 0.5) is 5.69 Å². The second-order valence-corrected chi connectivity index (χ2v) is 6.84. The van der Waals surface area contributed by atoms with Crippen molar-refractivity contribution < 1.29 is 14.1 Å². The number of benzene rings is 2. The Labute approximate surface area is 141 Å². The number of piperidine rings is 1. The number of fused-ring (bicyclic) bond motifs is 3. The van der Waals surface area contributed by atoms with Crippen molar-refractivity contribution in [2.45, 2.75) is 32.2 Å². The zero-order chi connectivity index (χ0) is 16.5. The summed E-state index contributed by atoms with van der Waals surface area (Å²) in [4.78, 5) is 13.8. The smallest absolute Gasteiger partial charge is 0.279 e. The minimum atomic E-state index is 0.0888. The van der Waals surface area contributed by atoms with Crippen LogP contribution in [0.1, 0.15) is 26.2 Å². The summed E-state index contributed by atoms with van der Waals surface area (Å²) in [6.07, 6.45) is 3.73. The highest BCUT2D eigenvalue weighted by atomic mass is 16.3. The van der Waals surface area contributed by atoms with Crippen molar-refractivity contribution in [2.24, 2.45) is 0 Å². The molecule has 1 unspecified atom stereocenters. The van der Waals surface area contributed by atoms with E-state index in [0.29, 0.717) is 12.6 Å². The van der Waals surface area contributed by atoms with Gasteiger partial charge in [0.15, 0.2) is 6.54 Å². The molecule has 0 spiro atoms. The Morgan fingerprint density at radius 2 is 2.00 bits per heavy atom. The van der Waals surface area contributed by atoms with E-state index < -0.39 is 0 Å². The lowest BCUT2D eigenvalue weighted by Crippen LogP contribution is -3.17.